The van der Waals surface area contributed by atoms with Crippen molar-refractivity contribution in [3.8, 4) is 5.88 Å². The maximum atomic E-state index is 13.4. The van der Waals surface area contributed by atoms with Crippen LogP contribution in [0.1, 0.15) is 32.3 Å². The highest BCUT2D eigenvalue weighted by molar-refractivity contribution is 5.91. The molecule has 1 unspecified atom stereocenters. The van der Waals surface area contributed by atoms with Gasteiger partial charge in [-0.15, -0.1) is 0 Å². The largest absolute Gasteiger partial charge is 0.473 e. The fourth-order valence-electron chi connectivity index (χ4n) is 3.24. The average Bonchev–Trinajstić information content (AvgIpc) is 3.04. The minimum absolute atomic E-state index is 0.0342. The van der Waals surface area contributed by atoms with Gasteiger partial charge >= 0.3 is 6.03 Å². The number of aromatic nitrogens is 1. The van der Waals surface area contributed by atoms with Crippen LogP contribution in [0.15, 0.2) is 42.6 Å². The number of nitrogens with zero attached hydrogens (tertiary/aromatic N) is 2. The number of pyridine rings is 1. The molecular formula is C20H24FN3O2. The highest BCUT2D eigenvalue weighted by Gasteiger charge is 2.29. The number of rotatable bonds is 5. The second kappa shape index (κ2) is 8.17. The molecule has 1 saturated heterocycles. The molecule has 1 aromatic carbocycles. The molecule has 0 spiro atoms. The Kier molecular flexibility index (Phi) is 5.71. The molecule has 0 radical (unpaired) electrons. The van der Waals surface area contributed by atoms with Crippen LogP contribution >= 0.6 is 0 Å². The number of halogens is 1. The molecule has 2 aromatic rings. The number of nitrogens with one attached hydrogen (secondary N) is 1. The molecule has 6 heteroatoms. The molecule has 1 aliphatic heterocycles. The van der Waals surface area contributed by atoms with E-state index in [-0.39, 0.29) is 24.0 Å². The van der Waals surface area contributed by atoms with Gasteiger partial charge in [-0.25, -0.2) is 14.2 Å². The van der Waals surface area contributed by atoms with Gasteiger partial charge in [-0.3, -0.25) is 0 Å². The summed E-state index contributed by atoms with van der Waals surface area (Å²) in [7, 11) is 0. The van der Waals surface area contributed by atoms with Crippen LogP contribution in [0, 0.1) is 5.82 Å². The summed E-state index contributed by atoms with van der Waals surface area (Å²) in [5, 5.41) is 2.91. The summed E-state index contributed by atoms with van der Waals surface area (Å²) in [4.78, 5) is 18.8. The van der Waals surface area contributed by atoms with Gasteiger partial charge in [0.05, 0.1) is 6.10 Å². The van der Waals surface area contributed by atoms with Gasteiger partial charge in [0, 0.05) is 18.8 Å². The Bertz CT molecular complexity index is 766. The predicted octanol–water partition coefficient (Wildman–Crippen LogP) is 4.25. The number of ether oxygens (including phenoxy) is 1. The number of urea groups is 1. The van der Waals surface area contributed by atoms with Gasteiger partial charge in [0.2, 0.25) is 5.88 Å². The van der Waals surface area contributed by atoms with Crippen LogP contribution in [0.4, 0.5) is 14.9 Å². The predicted molar refractivity (Wildman–Crippen MR) is 98.9 cm³/mol. The van der Waals surface area contributed by atoms with E-state index < -0.39 is 0 Å². The van der Waals surface area contributed by atoms with Crippen molar-refractivity contribution in [2.24, 2.45) is 0 Å². The lowest BCUT2D eigenvalue weighted by molar-refractivity contribution is 0.205. The number of carbonyl (C=O) groups is 1. The van der Waals surface area contributed by atoms with E-state index in [1.807, 2.05) is 24.8 Å². The zero-order chi connectivity index (χ0) is 18.5. The van der Waals surface area contributed by atoms with Crippen LogP contribution in [-0.4, -0.2) is 34.6 Å². The van der Waals surface area contributed by atoms with Gasteiger partial charge in [0.25, 0.3) is 0 Å². The maximum absolute atomic E-state index is 13.4. The van der Waals surface area contributed by atoms with Crippen LogP contribution in [0.3, 0.4) is 0 Å². The molecule has 1 N–H and O–H groups in total. The van der Waals surface area contributed by atoms with Crippen molar-refractivity contribution in [1.29, 1.82) is 0 Å². The Hall–Kier alpha value is -2.63. The van der Waals surface area contributed by atoms with E-state index >= 15 is 0 Å². The van der Waals surface area contributed by atoms with Gasteiger partial charge in [0.15, 0.2) is 0 Å². The Labute approximate surface area is 153 Å². The number of likely N-dealkylation sites (tertiary alicyclic amines) is 1. The van der Waals surface area contributed by atoms with Crippen molar-refractivity contribution in [3.05, 3.63) is 54.0 Å². The van der Waals surface area contributed by atoms with E-state index in [1.165, 1.54) is 12.1 Å². The van der Waals surface area contributed by atoms with Crippen molar-refractivity contribution in [3.63, 3.8) is 0 Å². The molecule has 1 aromatic heterocycles. The van der Waals surface area contributed by atoms with Crippen molar-refractivity contribution in [2.75, 3.05) is 11.9 Å². The molecule has 2 heterocycles. The molecule has 1 atom stereocenters. The summed E-state index contributed by atoms with van der Waals surface area (Å²) < 4.78 is 19.1. The Morgan fingerprint density at radius 2 is 2.23 bits per heavy atom. The SMILES string of the molecule is CC(C)Oc1ncccc1NC(=O)N1CCCC1Cc1cccc(F)c1. The van der Waals surface area contributed by atoms with Crippen LogP contribution in [-0.2, 0) is 6.42 Å². The van der Waals surface area contributed by atoms with Crippen LogP contribution in [0.2, 0.25) is 0 Å². The fourth-order valence-corrected chi connectivity index (χ4v) is 3.24. The monoisotopic (exact) mass is 357 g/mol. The first-order chi connectivity index (χ1) is 12.5. The molecular weight excluding hydrogens is 333 g/mol. The first-order valence-electron chi connectivity index (χ1n) is 8.96. The molecule has 1 fully saturated rings. The summed E-state index contributed by atoms with van der Waals surface area (Å²) in [6.07, 6.45) is 4.10. The minimum Gasteiger partial charge on any atom is -0.473 e. The zero-order valence-electron chi connectivity index (χ0n) is 15.1. The summed E-state index contributed by atoms with van der Waals surface area (Å²) in [5.74, 6) is 0.166. The average molecular weight is 357 g/mol. The van der Waals surface area contributed by atoms with Gasteiger partial charge in [-0.2, -0.15) is 0 Å². The first kappa shape index (κ1) is 18.2. The molecule has 26 heavy (non-hydrogen) atoms. The number of amides is 2. The van der Waals surface area contributed by atoms with Crippen LogP contribution in [0.5, 0.6) is 5.88 Å². The van der Waals surface area contributed by atoms with Gasteiger partial charge < -0.3 is 15.0 Å². The molecule has 138 valence electrons. The Morgan fingerprint density at radius 3 is 3.00 bits per heavy atom. The second-order valence-corrected chi connectivity index (χ2v) is 6.78. The summed E-state index contributed by atoms with van der Waals surface area (Å²) in [5.41, 5.74) is 1.46. The molecule has 0 bridgehead atoms. The quantitative estimate of drug-likeness (QED) is 0.870. The molecule has 0 aliphatic carbocycles. The van der Waals surface area contributed by atoms with E-state index in [0.29, 0.717) is 24.5 Å². The number of carbonyl (C=O) groups excluding carboxylic acids is 1. The second-order valence-electron chi connectivity index (χ2n) is 6.78. The van der Waals surface area contributed by atoms with Crippen LogP contribution < -0.4 is 10.1 Å². The first-order valence-corrected chi connectivity index (χ1v) is 8.96. The van der Waals surface area contributed by atoms with Crippen molar-refractivity contribution >= 4 is 11.7 Å². The summed E-state index contributed by atoms with van der Waals surface area (Å²) >= 11 is 0. The molecule has 0 saturated carbocycles. The summed E-state index contributed by atoms with van der Waals surface area (Å²) in [6.45, 7) is 4.51. The van der Waals surface area contributed by atoms with E-state index in [9.17, 15) is 9.18 Å². The molecule has 2 amide bonds. The van der Waals surface area contributed by atoms with E-state index in [2.05, 4.69) is 10.3 Å². The lowest BCUT2D eigenvalue weighted by atomic mass is 10.0. The fraction of sp³-hybridized carbons (Fsp3) is 0.400. The lowest BCUT2D eigenvalue weighted by Gasteiger charge is -2.25. The Morgan fingerprint density at radius 1 is 1.38 bits per heavy atom. The van der Waals surface area contributed by atoms with E-state index in [0.717, 1.165) is 18.4 Å². The number of benzene rings is 1. The Balaban J connectivity index is 1.69. The smallest absolute Gasteiger partial charge is 0.322 e. The number of hydrogen-bond donors (Lipinski definition) is 1. The third kappa shape index (κ3) is 4.50. The highest BCUT2D eigenvalue weighted by Crippen LogP contribution is 2.26. The highest BCUT2D eigenvalue weighted by atomic mass is 19.1. The standard InChI is InChI=1S/C20H24FN3O2/c1-14(2)26-19-18(9-4-10-22-19)23-20(25)24-11-5-8-17(24)13-15-6-3-7-16(21)12-15/h3-4,6-7,9-10,12,14,17H,5,8,11,13H2,1-2H3,(H,23,25). The normalized spacial score (nSPS) is 16.8. The molecule has 5 nitrogen and oxygen atoms in total. The molecule has 3 rings (SSSR count). The number of hydrogen-bond acceptors (Lipinski definition) is 3. The van der Waals surface area contributed by atoms with Crippen molar-refractivity contribution in [1.82, 2.24) is 9.88 Å². The summed E-state index contributed by atoms with van der Waals surface area (Å²) in [6, 6.07) is 9.99. The van der Waals surface area contributed by atoms with Gasteiger partial charge in [0.1, 0.15) is 11.5 Å². The zero-order valence-corrected chi connectivity index (χ0v) is 15.1. The van der Waals surface area contributed by atoms with E-state index in [4.69, 9.17) is 4.74 Å². The van der Waals surface area contributed by atoms with Gasteiger partial charge in [-0.05, 0) is 62.9 Å². The topological polar surface area (TPSA) is 54.5 Å². The van der Waals surface area contributed by atoms with Gasteiger partial charge in [-0.1, -0.05) is 12.1 Å². The third-order valence-corrected chi connectivity index (χ3v) is 4.36. The minimum atomic E-state index is -0.248. The van der Waals surface area contributed by atoms with Crippen LogP contribution in [0.25, 0.3) is 0 Å². The van der Waals surface area contributed by atoms with E-state index in [1.54, 1.807) is 24.4 Å². The molecule has 1 aliphatic rings. The van der Waals surface area contributed by atoms with Crippen molar-refractivity contribution in [2.45, 2.75) is 45.3 Å². The maximum Gasteiger partial charge on any atom is 0.322 e. The third-order valence-electron chi connectivity index (χ3n) is 4.36. The van der Waals surface area contributed by atoms with Crippen molar-refractivity contribution < 1.29 is 13.9 Å². The lowest BCUT2D eigenvalue weighted by Crippen LogP contribution is -2.39. The number of anilines is 1.